The Morgan fingerprint density at radius 1 is 1.10 bits per heavy atom. The zero-order valence-corrected chi connectivity index (χ0v) is 11.6. The maximum atomic E-state index is 14.1. The summed E-state index contributed by atoms with van der Waals surface area (Å²) in [5.41, 5.74) is 3.00. The lowest BCUT2D eigenvalue weighted by Gasteiger charge is -2.07. The summed E-state index contributed by atoms with van der Waals surface area (Å²) in [5.74, 6) is 0.166. The van der Waals surface area contributed by atoms with E-state index < -0.39 is 0 Å². The second-order valence-electron chi connectivity index (χ2n) is 4.85. The molecule has 21 heavy (non-hydrogen) atoms. The van der Waals surface area contributed by atoms with E-state index >= 15 is 0 Å². The molecule has 0 aliphatic heterocycles. The predicted octanol–water partition coefficient (Wildman–Crippen LogP) is 4.10. The second-order valence-corrected chi connectivity index (χ2v) is 4.85. The summed E-state index contributed by atoms with van der Waals surface area (Å²) < 4.78 is 19.7. The Morgan fingerprint density at radius 2 is 1.90 bits per heavy atom. The standard InChI is InChI=1S/C17H15FN2O/c1-12-9-17(20-19-12)15-8-7-14(10-16(15)18)21-11-13-5-3-2-4-6-13/h2-10H,11H2,1H3,(H,19,20). The fourth-order valence-corrected chi connectivity index (χ4v) is 2.09. The zero-order valence-electron chi connectivity index (χ0n) is 11.6. The van der Waals surface area contributed by atoms with Crippen LogP contribution in [0.15, 0.2) is 54.6 Å². The Morgan fingerprint density at radius 3 is 2.57 bits per heavy atom. The van der Waals surface area contributed by atoms with Crippen LogP contribution in [0.4, 0.5) is 4.39 Å². The van der Waals surface area contributed by atoms with Gasteiger partial charge in [0.25, 0.3) is 0 Å². The number of hydrogen-bond acceptors (Lipinski definition) is 2. The van der Waals surface area contributed by atoms with Crippen molar-refractivity contribution < 1.29 is 9.13 Å². The number of nitrogens with one attached hydrogen (secondary N) is 1. The monoisotopic (exact) mass is 282 g/mol. The number of aromatic amines is 1. The Bertz CT molecular complexity index is 738. The smallest absolute Gasteiger partial charge is 0.136 e. The molecule has 0 amide bonds. The number of H-pyrrole nitrogens is 1. The maximum Gasteiger partial charge on any atom is 0.136 e. The normalized spacial score (nSPS) is 10.6. The highest BCUT2D eigenvalue weighted by atomic mass is 19.1. The van der Waals surface area contributed by atoms with Crippen LogP contribution < -0.4 is 4.74 Å². The van der Waals surface area contributed by atoms with Crippen LogP contribution in [0.1, 0.15) is 11.3 Å². The zero-order chi connectivity index (χ0) is 14.7. The molecule has 0 fully saturated rings. The molecule has 0 bridgehead atoms. The lowest BCUT2D eigenvalue weighted by Crippen LogP contribution is -1.96. The molecule has 0 saturated heterocycles. The summed E-state index contributed by atoms with van der Waals surface area (Å²) in [6.07, 6.45) is 0. The number of rotatable bonds is 4. The van der Waals surface area contributed by atoms with Gasteiger partial charge in [0.15, 0.2) is 0 Å². The van der Waals surface area contributed by atoms with E-state index in [-0.39, 0.29) is 5.82 Å². The molecule has 0 unspecified atom stereocenters. The highest BCUT2D eigenvalue weighted by Crippen LogP contribution is 2.25. The second kappa shape index (κ2) is 5.79. The van der Waals surface area contributed by atoms with Gasteiger partial charge in [-0.25, -0.2) is 4.39 Å². The molecule has 1 heterocycles. The summed E-state index contributed by atoms with van der Waals surface area (Å²) in [4.78, 5) is 0. The Labute approximate surface area is 122 Å². The molecule has 106 valence electrons. The van der Waals surface area contributed by atoms with Crippen LogP contribution in [0.3, 0.4) is 0 Å². The van der Waals surface area contributed by atoms with Crippen molar-refractivity contribution in [3.8, 4) is 17.0 Å². The Kier molecular flexibility index (Phi) is 3.69. The molecule has 0 saturated carbocycles. The number of benzene rings is 2. The Balaban J connectivity index is 1.75. The first-order chi connectivity index (χ1) is 10.2. The van der Waals surface area contributed by atoms with Gasteiger partial charge in [-0.15, -0.1) is 0 Å². The van der Waals surface area contributed by atoms with Gasteiger partial charge in [0.1, 0.15) is 18.2 Å². The minimum Gasteiger partial charge on any atom is -0.489 e. The highest BCUT2D eigenvalue weighted by Gasteiger charge is 2.09. The average Bonchev–Trinajstić information content (AvgIpc) is 2.92. The molecule has 4 heteroatoms. The minimum atomic E-state index is -0.341. The lowest BCUT2D eigenvalue weighted by atomic mass is 10.1. The third-order valence-electron chi connectivity index (χ3n) is 3.17. The molecular weight excluding hydrogens is 267 g/mol. The van der Waals surface area contributed by atoms with Gasteiger partial charge in [0.2, 0.25) is 0 Å². The summed E-state index contributed by atoms with van der Waals surface area (Å²) in [5, 5.41) is 6.87. The lowest BCUT2D eigenvalue weighted by molar-refractivity contribution is 0.304. The van der Waals surface area contributed by atoms with Crippen molar-refractivity contribution in [1.29, 1.82) is 0 Å². The molecule has 0 aliphatic carbocycles. The summed E-state index contributed by atoms with van der Waals surface area (Å²) in [6.45, 7) is 2.30. The molecule has 3 nitrogen and oxygen atoms in total. The van der Waals surface area contributed by atoms with Gasteiger partial charge in [-0.3, -0.25) is 5.10 Å². The van der Waals surface area contributed by atoms with Crippen LogP contribution in [0.2, 0.25) is 0 Å². The van der Waals surface area contributed by atoms with Crippen molar-refractivity contribution in [2.45, 2.75) is 13.5 Å². The summed E-state index contributed by atoms with van der Waals surface area (Å²) in [7, 11) is 0. The van der Waals surface area contributed by atoms with E-state index in [4.69, 9.17) is 4.74 Å². The number of ether oxygens (including phenoxy) is 1. The first kappa shape index (κ1) is 13.4. The van der Waals surface area contributed by atoms with Crippen molar-refractivity contribution in [1.82, 2.24) is 10.2 Å². The van der Waals surface area contributed by atoms with Gasteiger partial charge in [-0.05, 0) is 30.7 Å². The molecule has 2 aromatic carbocycles. The largest absolute Gasteiger partial charge is 0.489 e. The van der Waals surface area contributed by atoms with E-state index in [9.17, 15) is 4.39 Å². The molecule has 0 aliphatic rings. The van der Waals surface area contributed by atoms with Gasteiger partial charge in [0.05, 0.1) is 5.69 Å². The van der Waals surface area contributed by atoms with Crippen molar-refractivity contribution in [2.75, 3.05) is 0 Å². The van der Waals surface area contributed by atoms with Gasteiger partial charge in [-0.2, -0.15) is 5.10 Å². The number of aryl methyl sites for hydroxylation is 1. The van der Waals surface area contributed by atoms with E-state index in [1.165, 1.54) is 6.07 Å². The molecule has 3 rings (SSSR count). The predicted molar refractivity (Wildman–Crippen MR) is 79.5 cm³/mol. The molecule has 3 aromatic rings. The minimum absolute atomic E-state index is 0.341. The molecule has 1 aromatic heterocycles. The molecule has 0 radical (unpaired) electrons. The first-order valence-corrected chi connectivity index (χ1v) is 6.71. The number of nitrogens with zero attached hydrogens (tertiary/aromatic N) is 1. The maximum absolute atomic E-state index is 14.1. The van der Waals surface area contributed by atoms with Crippen LogP contribution in [0, 0.1) is 12.7 Å². The van der Waals surface area contributed by atoms with Crippen molar-refractivity contribution in [3.63, 3.8) is 0 Å². The number of aromatic nitrogens is 2. The summed E-state index contributed by atoms with van der Waals surface area (Å²) in [6, 6.07) is 16.4. The molecule has 0 spiro atoms. The molecule has 0 atom stereocenters. The summed E-state index contributed by atoms with van der Waals surface area (Å²) >= 11 is 0. The van der Waals surface area contributed by atoms with E-state index in [0.29, 0.717) is 23.6 Å². The number of hydrogen-bond donors (Lipinski definition) is 1. The molecular formula is C17H15FN2O. The SMILES string of the molecule is Cc1cc(-c2ccc(OCc3ccccc3)cc2F)n[nH]1. The highest BCUT2D eigenvalue weighted by molar-refractivity contribution is 5.61. The van der Waals surface area contributed by atoms with Crippen molar-refractivity contribution in [2.24, 2.45) is 0 Å². The van der Waals surface area contributed by atoms with Crippen molar-refractivity contribution >= 4 is 0 Å². The van der Waals surface area contributed by atoms with E-state index in [1.54, 1.807) is 12.1 Å². The van der Waals surface area contributed by atoms with Gasteiger partial charge in [-0.1, -0.05) is 30.3 Å². The fraction of sp³-hybridized carbons (Fsp3) is 0.118. The van der Waals surface area contributed by atoms with Crippen LogP contribution in [-0.2, 0) is 6.61 Å². The Hall–Kier alpha value is -2.62. The van der Waals surface area contributed by atoms with Crippen LogP contribution in [0.25, 0.3) is 11.3 Å². The van der Waals surface area contributed by atoms with E-state index in [0.717, 1.165) is 11.3 Å². The third-order valence-corrected chi connectivity index (χ3v) is 3.17. The first-order valence-electron chi connectivity index (χ1n) is 6.71. The van der Waals surface area contributed by atoms with Crippen molar-refractivity contribution in [3.05, 3.63) is 71.7 Å². The van der Waals surface area contributed by atoms with E-state index in [1.807, 2.05) is 43.3 Å². The topological polar surface area (TPSA) is 37.9 Å². The number of halogens is 1. The van der Waals surface area contributed by atoms with Gasteiger partial charge >= 0.3 is 0 Å². The van der Waals surface area contributed by atoms with Crippen LogP contribution >= 0.6 is 0 Å². The van der Waals surface area contributed by atoms with Gasteiger partial charge < -0.3 is 4.74 Å². The quantitative estimate of drug-likeness (QED) is 0.782. The van der Waals surface area contributed by atoms with Crippen LogP contribution in [0.5, 0.6) is 5.75 Å². The van der Waals surface area contributed by atoms with E-state index in [2.05, 4.69) is 10.2 Å². The van der Waals surface area contributed by atoms with Gasteiger partial charge in [0, 0.05) is 17.3 Å². The third kappa shape index (κ3) is 3.11. The molecule has 1 N–H and O–H groups in total. The van der Waals surface area contributed by atoms with Crippen LogP contribution in [-0.4, -0.2) is 10.2 Å². The average molecular weight is 282 g/mol. The fourth-order valence-electron chi connectivity index (χ4n) is 2.09.